The van der Waals surface area contributed by atoms with Crippen LogP contribution in [-0.4, -0.2) is 52.6 Å². The summed E-state index contributed by atoms with van der Waals surface area (Å²) in [6.07, 6.45) is 2.56. The molecule has 0 aromatic carbocycles. The third kappa shape index (κ3) is 2.45. The first kappa shape index (κ1) is 11.9. The van der Waals surface area contributed by atoms with Crippen molar-refractivity contribution in [2.75, 3.05) is 28.3 Å². The minimum Gasteiger partial charge on any atom is -0.380 e. The summed E-state index contributed by atoms with van der Waals surface area (Å²) < 4.78 is 10.9. The molecule has 0 amide bonds. The molecule has 4 unspecified atom stereocenters. The number of likely N-dealkylation sites (N-methyl/N-ethyl adjacent to an activating group) is 2. The molecule has 4 nitrogen and oxygen atoms in total. The van der Waals surface area contributed by atoms with Crippen molar-refractivity contribution in [2.24, 2.45) is 0 Å². The Labute approximate surface area is 86.3 Å². The van der Waals surface area contributed by atoms with E-state index in [4.69, 9.17) is 9.47 Å². The second-order valence-electron chi connectivity index (χ2n) is 3.81. The smallest absolute Gasteiger partial charge is 0.0740 e. The van der Waals surface area contributed by atoms with Gasteiger partial charge in [-0.2, -0.15) is 0 Å². The maximum atomic E-state index is 5.46. The quantitative estimate of drug-likeness (QED) is 0.673. The minimum absolute atomic E-state index is 0.281. The minimum atomic E-state index is 0.281. The molecule has 0 aliphatic heterocycles. The highest BCUT2D eigenvalue weighted by Gasteiger charge is 2.35. The van der Waals surface area contributed by atoms with Gasteiger partial charge in [-0.25, -0.2) is 0 Å². The normalized spacial score (nSPS) is 38.6. The SMILES string of the molecule is CNC1CC(OC)C(NC)CC1OC. The topological polar surface area (TPSA) is 42.5 Å². The van der Waals surface area contributed by atoms with Crippen LogP contribution in [0.3, 0.4) is 0 Å². The van der Waals surface area contributed by atoms with Crippen molar-refractivity contribution >= 4 is 0 Å². The van der Waals surface area contributed by atoms with Crippen molar-refractivity contribution in [3.63, 3.8) is 0 Å². The molecule has 0 spiro atoms. The molecule has 0 heterocycles. The number of rotatable bonds is 4. The van der Waals surface area contributed by atoms with Gasteiger partial charge in [0.05, 0.1) is 12.2 Å². The van der Waals surface area contributed by atoms with E-state index in [1.807, 2.05) is 14.1 Å². The average molecular weight is 202 g/mol. The van der Waals surface area contributed by atoms with E-state index in [1.165, 1.54) is 0 Å². The summed E-state index contributed by atoms with van der Waals surface area (Å²) in [7, 11) is 7.50. The summed E-state index contributed by atoms with van der Waals surface area (Å²) >= 11 is 0. The Bertz CT molecular complexity index is 132. The van der Waals surface area contributed by atoms with Crippen LogP contribution in [0.25, 0.3) is 0 Å². The summed E-state index contributed by atoms with van der Waals surface area (Å²) in [5, 5.41) is 6.56. The van der Waals surface area contributed by atoms with Gasteiger partial charge in [0, 0.05) is 26.3 Å². The van der Waals surface area contributed by atoms with Gasteiger partial charge in [-0.3, -0.25) is 0 Å². The van der Waals surface area contributed by atoms with Gasteiger partial charge in [-0.05, 0) is 26.9 Å². The van der Waals surface area contributed by atoms with Crippen LogP contribution >= 0.6 is 0 Å². The predicted octanol–water partition coefficient (Wildman–Crippen LogP) is -0.0138. The third-order valence-electron chi connectivity index (χ3n) is 3.22. The molecule has 84 valence electrons. The number of hydrogen-bond donors (Lipinski definition) is 2. The molecule has 4 atom stereocenters. The Balaban J connectivity index is 2.59. The van der Waals surface area contributed by atoms with Gasteiger partial charge >= 0.3 is 0 Å². The molecule has 0 bridgehead atoms. The van der Waals surface area contributed by atoms with Crippen LogP contribution in [0.15, 0.2) is 0 Å². The van der Waals surface area contributed by atoms with Crippen LogP contribution < -0.4 is 10.6 Å². The van der Waals surface area contributed by atoms with Gasteiger partial charge in [0.1, 0.15) is 0 Å². The molecule has 1 saturated carbocycles. The van der Waals surface area contributed by atoms with Crippen LogP contribution in [0, 0.1) is 0 Å². The van der Waals surface area contributed by atoms with E-state index in [2.05, 4.69) is 10.6 Å². The predicted molar refractivity (Wildman–Crippen MR) is 56.5 cm³/mol. The Hall–Kier alpha value is -0.160. The Kier molecular flexibility index (Phi) is 4.81. The molecule has 14 heavy (non-hydrogen) atoms. The largest absolute Gasteiger partial charge is 0.380 e. The van der Waals surface area contributed by atoms with E-state index >= 15 is 0 Å². The van der Waals surface area contributed by atoms with Crippen molar-refractivity contribution in [1.29, 1.82) is 0 Å². The second kappa shape index (κ2) is 5.66. The molecule has 1 aliphatic carbocycles. The molecular formula is C10H22N2O2. The van der Waals surface area contributed by atoms with Gasteiger partial charge in [-0.1, -0.05) is 0 Å². The fraction of sp³-hybridized carbons (Fsp3) is 1.00. The highest BCUT2D eigenvalue weighted by molar-refractivity contribution is 4.93. The first-order valence-corrected chi connectivity index (χ1v) is 5.16. The van der Waals surface area contributed by atoms with E-state index in [9.17, 15) is 0 Å². The van der Waals surface area contributed by atoms with Gasteiger partial charge in [-0.15, -0.1) is 0 Å². The molecule has 0 aromatic rings. The van der Waals surface area contributed by atoms with Crippen molar-refractivity contribution in [3.8, 4) is 0 Å². The van der Waals surface area contributed by atoms with Crippen molar-refractivity contribution in [1.82, 2.24) is 10.6 Å². The lowest BCUT2D eigenvalue weighted by Crippen LogP contribution is -2.55. The second-order valence-corrected chi connectivity index (χ2v) is 3.81. The van der Waals surface area contributed by atoms with Crippen LogP contribution in [0.5, 0.6) is 0 Å². The Morgan fingerprint density at radius 3 is 1.43 bits per heavy atom. The first-order chi connectivity index (χ1) is 6.76. The molecule has 0 saturated heterocycles. The number of nitrogens with one attached hydrogen (secondary N) is 2. The van der Waals surface area contributed by atoms with Crippen molar-refractivity contribution < 1.29 is 9.47 Å². The zero-order valence-electron chi connectivity index (χ0n) is 9.54. The molecule has 4 heteroatoms. The average Bonchev–Trinajstić information content (AvgIpc) is 2.26. The van der Waals surface area contributed by atoms with Gasteiger partial charge < -0.3 is 20.1 Å². The van der Waals surface area contributed by atoms with E-state index in [0.717, 1.165) is 12.8 Å². The first-order valence-electron chi connectivity index (χ1n) is 5.16. The molecule has 1 rings (SSSR count). The lowest BCUT2D eigenvalue weighted by Gasteiger charge is -2.39. The molecular weight excluding hydrogens is 180 g/mol. The van der Waals surface area contributed by atoms with Gasteiger partial charge in [0.25, 0.3) is 0 Å². The van der Waals surface area contributed by atoms with E-state index < -0.39 is 0 Å². The van der Waals surface area contributed by atoms with E-state index in [1.54, 1.807) is 14.2 Å². The highest BCUT2D eigenvalue weighted by Crippen LogP contribution is 2.23. The van der Waals surface area contributed by atoms with Crippen molar-refractivity contribution in [3.05, 3.63) is 0 Å². The number of hydrogen-bond acceptors (Lipinski definition) is 4. The number of methoxy groups -OCH3 is 2. The standard InChI is InChI=1S/C10H22N2O2/c1-11-7-5-10(14-4)8(12-2)6-9(7)13-3/h7-12H,5-6H2,1-4H3. The highest BCUT2D eigenvalue weighted by atomic mass is 16.5. The Morgan fingerprint density at radius 1 is 0.857 bits per heavy atom. The fourth-order valence-corrected chi connectivity index (χ4v) is 2.26. The fourth-order valence-electron chi connectivity index (χ4n) is 2.26. The molecule has 2 N–H and O–H groups in total. The van der Waals surface area contributed by atoms with Crippen LogP contribution in [0.4, 0.5) is 0 Å². The zero-order valence-corrected chi connectivity index (χ0v) is 9.54. The van der Waals surface area contributed by atoms with Gasteiger partial charge in [0.15, 0.2) is 0 Å². The summed E-state index contributed by atoms with van der Waals surface area (Å²) in [6, 6.07) is 0.795. The van der Waals surface area contributed by atoms with Crippen LogP contribution in [0.1, 0.15) is 12.8 Å². The van der Waals surface area contributed by atoms with Crippen LogP contribution in [-0.2, 0) is 9.47 Å². The third-order valence-corrected chi connectivity index (χ3v) is 3.22. The summed E-state index contributed by atoms with van der Waals surface area (Å²) in [5.74, 6) is 0. The summed E-state index contributed by atoms with van der Waals surface area (Å²) in [5.41, 5.74) is 0. The summed E-state index contributed by atoms with van der Waals surface area (Å²) in [4.78, 5) is 0. The lowest BCUT2D eigenvalue weighted by atomic mass is 9.86. The lowest BCUT2D eigenvalue weighted by molar-refractivity contribution is -0.0346. The molecule has 0 radical (unpaired) electrons. The maximum absolute atomic E-state index is 5.46. The number of ether oxygens (including phenoxy) is 2. The zero-order chi connectivity index (χ0) is 10.6. The van der Waals surface area contributed by atoms with Gasteiger partial charge in [0.2, 0.25) is 0 Å². The summed E-state index contributed by atoms with van der Waals surface area (Å²) in [6.45, 7) is 0. The van der Waals surface area contributed by atoms with Crippen molar-refractivity contribution in [2.45, 2.75) is 37.1 Å². The Morgan fingerprint density at radius 2 is 1.21 bits per heavy atom. The monoisotopic (exact) mass is 202 g/mol. The van der Waals surface area contributed by atoms with Crippen LogP contribution in [0.2, 0.25) is 0 Å². The molecule has 1 aliphatic rings. The van der Waals surface area contributed by atoms with E-state index in [0.29, 0.717) is 12.1 Å². The molecule has 0 aromatic heterocycles. The maximum Gasteiger partial charge on any atom is 0.0740 e. The van der Waals surface area contributed by atoms with E-state index in [-0.39, 0.29) is 12.2 Å². The molecule has 1 fully saturated rings.